The van der Waals surface area contributed by atoms with E-state index in [1.54, 1.807) is 0 Å². The average Bonchev–Trinajstić information content (AvgIpc) is 2.50. The number of rotatable bonds is 1. The summed E-state index contributed by atoms with van der Waals surface area (Å²) < 4.78 is 0. The van der Waals surface area contributed by atoms with E-state index < -0.39 is 5.97 Å². The summed E-state index contributed by atoms with van der Waals surface area (Å²) in [5, 5.41) is 11.8. The molecule has 2 saturated carbocycles. The minimum absolute atomic E-state index is 0.0745. The molecule has 1 atom stereocenters. The van der Waals surface area contributed by atoms with Gasteiger partial charge in [-0.05, 0) is 31.1 Å². The van der Waals surface area contributed by atoms with Gasteiger partial charge in [-0.25, -0.2) is 0 Å². The first-order valence-corrected chi connectivity index (χ1v) is 9.45. The van der Waals surface area contributed by atoms with E-state index in [0.717, 1.165) is 32.1 Å². The number of hydrogen-bond acceptors (Lipinski definition) is 2. The molecule has 0 radical (unpaired) electrons. The van der Waals surface area contributed by atoms with Crippen LogP contribution in [0.25, 0.3) is 0 Å². The predicted molar refractivity (Wildman–Crippen MR) is 84.8 cm³/mol. The predicted octanol–water partition coefficient (Wildman–Crippen LogP) is 4.61. The van der Waals surface area contributed by atoms with E-state index in [0.29, 0.717) is 0 Å². The van der Waals surface area contributed by atoms with E-state index in [-0.39, 0.29) is 11.3 Å². The van der Waals surface area contributed by atoms with Crippen molar-refractivity contribution < 1.29 is 9.90 Å². The van der Waals surface area contributed by atoms with Gasteiger partial charge in [0.05, 0.1) is 0 Å². The molecule has 0 aromatic heterocycles. The van der Waals surface area contributed by atoms with E-state index in [1.165, 1.54) is 70.6 Å². The van der Waals surface area contributed by atoms with Crippen molar-refractivity contribution in [1.29, 1.82) is 0 Å². The lowest BCUT2D eigenvalue weighted by Crippen LogP contribution is -2.44. The highest BCUT2D eigenvalue weighted by Gasteiger charge is 2.39. The first kappa shape index (κ1) is 16.8. The highest BCUT2D eigenvalue weighted by atomic mass is 16.4. The molecule has 0 bridgehead atoms. The Labute approximate surface area is 130 Å². The molecule has 0 N–H and O–H groups in total. The molecule has 2 nitrogen and oxygen atoms in total. The Hall–Kier alpha value is -0.530. The number of carbonyl (C=O) groups excluding carboxylic acids is 1. The molecule has 2 aliphatic carbocycles. The Morgan fingerprint density at radius 2 is 1.05 bits per heavy atom. The lowest BCUT2D eigenvalue weighted by Gasteiger charge is -2.45. The molecule has 1 spiro atoms. The van der Waals surface area contributed by atoms with Crippen molar-refractivity contribution >= 4 is 5.97 Å². The second kappa shape index (κ2) is 8.80. The molecular formula is C19H33O2-. The zero-order chi connectivity index (χ0) is 15.0. The third-order valence-electron chi connectivity index (χ3n) is 6.04. The van der Waals surface area contributed by atoms with Gasteiger partial charge in [0, 0.05) is 11.9 Å². The summed E-state index contributed by atoms with van der Waals surface area (Å²) in [5.41, 5.74) is 0.0745. The van der Waals surface area contributed by atoms with Crippen LogP contribution in [0.4, 0.5) is 0 Å². The SMILES string of the molecule is O=C([O-])C1CCCCCCCCCCCC12CCCCC2. The first-order chi connectivity index (χ1) is 10.2. The lowest BCUT2D eigenvalue weighted by molar-refractivity contribution is -0.316. The average molecular weight is 293 g/mol. The van der Waals surface area contributed by atoms with Gasteiger partial charge < -0.3 is 9.90 Å². The molecule has 2 aliphatic rings. The first-order valence-electron chi connectivity index (χ1n) is 9.45. The number of aliphatic carboxylic acids is 1. The van der Waals surface area contributed by atoms with Gasteiger partial charge in [-0.1, -0.05) is 77.0 Å². The molecule has 0 aromatic carbocycles. The monoisotopic (exact) mass is 293 g/mol. The fourth-order valence-electron chi connectivity index (χ4n) is 4.77. The van der Waals surface area contributed by atoms with Crippen molar-refractivity contribution in [3.8, 4) is 0 Å². The van der Waals surface area contributed by atoms with Crippen molar-refractivity contribution in [2.75, 3.05) is 0 Å². The molecule has 0 aliphatic heterocycles. The molecule has 0 heterocycles. The van der Waals surface area contributed by atoms with E-state index in [9.17, 15) is 9.90 Å². The summed E-state index contributed by atoms with van der Waals surface area (Å²) in [5.74, 6) is -0.940. The van der Waals surface area contributed by atoms with Gasteiger partial charge in [0.1, 0.15) is 0 Å². The number of carbonyl (C=O) groups is 1. The molecule has 0 amide bonds. The standard InChI is InChI=1S/C19H34O2/c20-18(21)17-13-9-6-4-2-1-3-5-7-10-14-19(17)15-11-8-12-16-19/h17H,1-16H2,(H,20,21)/p-1. The third kappa shape index (κ3) is 5.00. The molecule has 2 rings (SSSR count). The van der Waals surface area contributed by atoms with Gasteiger partial charge in [-0.15, -0.1) is 0 Å². The van der Waals surface area contributed by atoms with Gasteiger partial charge in [-0.3, -0.25) is 0 Å². The second-order valence-corrected chi connectivity index (χ2v) is 7.52. The third-order valence-corrected chi connectivity index (χ3v) is 6.04. The maximum absolute atomic E-state index is 11.8. The number of hydrogen-bond donors (Lipinski definition) is 0. The molecular weight excluding hydrogens is 260 g/mol. The van der Waals surface area contributed by atoms with Crippen LogP contribution in [-0.2, 0) is 4.79 Å². The van der Waals surface area contributed by atoms with Crippen LogP contribution in [-0.4, -0.2) is 5.97 Å². The Bertz CT molecular complexity index is 305. The highest BCUT2D eigenvalue weighted by Crippen LogP contribution is 2.48. The molecule has 1 unspecified atom stereocenters. The van der Waals surface area contributed by atoms with Gasteiger partial charge in [0.15, 0.2) is 0 Å². The van der Waals surface area contributed by atoms with Crippen LogP contribution >= 0.6 is 0 Å². The van der Waals surface area contributed by atoms with E-state index >= 15 is 0 Å². The summed E-state index contributed by atoms with van der Waals surface area (Å²) in [7, 11) is 0. The maximum atomic E-state index is 11.8. The van der Waals surface area contributed by atoms with Crippen LogP contribution in [0.15, 0.2) is 0 Å². The second-order valence-electron chi connectivity index (χ2n) is 7.52. The summed E-state index contributed by atoms with van der Waals surface area (Å²) in [6, 6.07) is 0. The smallest absolute Gasteiger partial charge is 0.0450 e. The van der Waals surface area contributed by atoms with Gasteiger partial charge >= 0.3 is 0 Å². The van der Waals surface area contributed by atoms with Crippen LogP contribution in [0.5, 0.6) is 0 Å². The minimum Gasteiger partial charge on any atom is -0.550 e. The zero-order valence-electron chi connectivity index (χ0n) is 13.7. The van der Waals surface area contributed by atoms with Crippen LogP contribution in [0.1, 0.15) is 103 Å². The number of carboxylic acid groups (broad SMARTS) is 1. The van der Waals surface area contributed by atoms with Crippen LogP contribution in [0.2, 0.25) is 0 Å². The Morgan fingerprint density at radius 1 is 0.667 bits per heavy atom. The summed E-state index contributed by atoms with van der Waals surface area (Å²) in [6.07, 6.45) is 19.5. The van der Waals surface area contributed by atoms with Gasteiger partial charge in [0.25, 0.3) is 0 Å². The Kier molecular flexibility index (Phi) is 7.06. The summed E-state index contributed by atoms with van der Waals surface area (Å²) in [6.45, 7) is 0. The highest BCUT2D eigenvalue weighted by molar-refractivity contribution is 5.68. The van der Waals surface area contributed by atoms with Crippen LogP contribution < -0.4 is 5.11 Å². The fraction of sp³-hybridized carbons (Fsp3) is 0.947. The van der Waals surface area contributed by atoms with Crippen LogP contribution in [0.3, 0.4) is 0 Å². The van der Waals surface area contributed by atoms with E-state index in [2.05, 4.69) is 0 Å². The zero-order valence-corrected chi connectivity index (χ0v) is 13.7. The van der Waals surface area contributed by atoms with Crippen molar-refractivity contribution in [2.45, 2.75) is 103 Å². The Balaban J connectivity index is 2.06. The molecule has 122 valence electrons. The molecule has 21 heavy (non-hydrogen) atoms. The van der Waals surface area contributed by atoms with Crippen molar-refractivity contribution in [2.24, 2.45) is 11.3 Å². The van der Waals surface area contributed by atoms with E-state index in [1.807, 2.05) is 0 Å². The summed E-state index contributed by atoms with van der Waals surface area (Å²) >= 11 is 0. The maximum Gasteiger partial charge on any atom is 0.0450 e. The number of carboxylic acids is 1. The molecule has 2 heteroatoms. The quantitative estimate of drug-likeness (QED) is 0.708. The van der Waals surface area contributed by atoms with E-state index in [4.69, 9.17) is 0 Å². The molecule has 0 saturated heterocycles. The Morgan fingerprint density at radius 3 is 1.52 bits per heavy atom. The van der Waals surface area contributed by atoms with Crippen molar-refractivity contribution in [3.05, 3.63) is 0 Å². The largest absolute Gasteiger partial charge is 0.550 e. The van der Waals surface area contributed by atoms with Gasteiger partial charge in [-0.2, -0.15) is 0 Å². The normalized spacial score (nSPS) is 29.0. The fourth-order valence-corrected chi connectivity index (χ4v) is 4.77. The van der Waals surface area contributed by atoms with Crippen molar-refractivity contribution in [3.63, 3.8) is 0 Å². The van der Waals surface area contributed by atoms with Crippen molar-refractivity contribution in [1.82, 2.24) is 0 Å². The molecule has 0 aromatic rings. The van der Waals surface area contributed by atoms with Gasteiger partial charge in [0.2, 0.25) is 0 Å². The molecule has 2 fully saturated rings. The minimum atomic E-state index is -0.758. The van der Waals surface area contributed by atoms with Crippen LogP contribution in [0, 0.1) is 11.3 Å². The summed E-state index contributed by atoms with van der Waals surface area (Å²) in [4.78, 5) is 11.8. The topological polar surface area (TPSA) is 40.1 Å². The lowest BCUT2D eigenvalue weighted by atomic mass is 9.62.